The van der Waals surface area contributed by atoms with E-state index in [0.717, 1.165) is 11.3 Å². The Hall–Kier alpha value is -2.13. The third kappa shape index (κ3) is 3.37. The first-order valence-corrected chi connectivity index (χ1v) is 7.93. The maximum absolute atomic E-state index is 12.6. The highest BCUT2D eigenvalue weighted by Gasteiger charge is 2.47. The summed E-state index contributed by atoms with van der Waals surface area (Å²) in [4.78, 5) is 27.3. The highest BCUT2D eigenvalue weighted by Crippen LogP contribution is 2.26. The lowest BCUT2D eigenvalue weighted by Gasteiger charge is -2.20. The van der Waals surface area contributed by atoms with Crippen LogP contribution in [-0.2, 0) is 11.3 Å². The number of nitrogens with zero attached hydrogens (tertiary/aromatic N) is 2. The lowest BCUT2D eigenvalue weighted by molar-refractivity contribution is -0.131. The maximum atomic E-state index is 12.6. The van der Waals surface area contributed by atoms with Crippen LogP contribution in [0.1, 0.15) is 43.4 Å². The molecule has 1 aliphatic heterocycles. The average Bonchev–Trinajstić information content (AvgIpc) is 2.98. The van der Waals surface area contributed by atoms with Gasteiger partial charge in [-0.05, 0) is 45.7 Å². The number of rotatable bonds is 5. The Bertz CT molecular complexity index is 667. The summed E-state index contributed by atoms with van der Waals surface area (Å²) in [5.74, 6) is -0.202. The largest absolute Gasteiger partial charge is 0.325 e. The molecule has 0 aliphatic carbocycles. The van der Waals surface area contributed by atoms with Crippen LogP contribution in [0, 0.1) is 11.3 Å². The van der Waals surface area contributed by atoms with E-state index >= 15 is 0 Å². The summed E-state index contributed by atoms with van der Waals surface area (Å²) in [6.45, 7) is 6.00. The van der Waals surface area contributed by atoms with Gasteiger partial charge < -0.3 is 5.32 Å². The topological polar surface area (TPSA) is 73.2 Å². The van der Waals surface area contributed by atoms with Crippen molar-refractivity contribution >= 4 is 23.3 Å². The van der Waals surface area contributed by atoms with E-state index in [1.807, 2.05) is 13.8 Å². The summed E-state index contributed by atoms with van der Waals surface area (Å²) < 4.78 is 0. The molecule has 5 nitrogen and oxygen atoms in total. The number of nitrogens with one attached hydrogen (secondary N) is 1. The normalized spacial score (nSPS) is 20.7. The molecule has 0 bridgehead atoms. The first-order chi connectivity index (χ1) is 10.4. The number of hydrogen-bond donors (Lipinski definition) is 1. The lowest BCUT2D eigenvalue weighted by Crippen LogP contribution is -2.43. The van der Waals surface area contributed by atoms with E-state index in [1.54, 1.807) is 19.1 Å². The first-order valence-electron chi connectivity index (χ1n) is 7.12. The van der Waals surface area contributed by atoms with Crippen molar-refractivity contribution in [3.63, 3.8) is 0 Å². The third-order valence-electron chi connectivity index (χ3n) is 3.63. The van der Waals surface area contributed by atoms with Crippen molar-refractivity contribution in [2.75, 3.05) is 0 Å². The van der Waals surface area contributed by atoms with Crippen molar-refractivity contribution in [3.05, 3.63) is 33.5 Å². The van der Waals surface area contributed by atoms with Gasteiger partial charge in [0, 0.05) is 4.88 Å². The van der Waals surface area contributed by atoms with Gasteiger partial charge in [0.1, 0.15) is 16.5 Å². The first kappa shape index (κ1) is 16.2. The van der Waals surface area contributed by atoms with Crippen LogP contribution < -0.4 is 5.32 Å². The molecule has 1 N–H and O–H groups in total. The van der Waals surface area contributed by atoms with Gasteiger partial charge in [-0.25, -0.2) is 4.79 Å². The quantitative estimate of drug-likeness (QED) is 0.669. The van der Waals surface area contributed by atoms with Crippen molar-refractivity contribution in [2.45, 2.75) is 45.7 Å². The average molecular weight is 317 g/mol. The van der Waals surface area contributed by atoms with Crippen LogP contribution in [-0.4, -0.2) is 22.4 Å². The highest BCUT2D eigenvalue weighted by atomic mass is 32.1. The van der Waals surface area contributed by atoms with Crippen LogP contribution in [0.15, 0.2) is 23.8 Å². The molecule has 6 heteroatoms. The Labute approximate surface area is 134 Å². The predicted octanol–water partition coefficient (Wildman–Crippen LogP) is 3.18. The van der Waals surface area contributed by atoms with Crippen LogP contribution in [0.25, 0.3) is 0 Å². The number of allylic oxidation sites excluding steroid dienone is 2. The molecule has 1 atom stereocenters. The van der Waals surface area contributed by atoms with Gasteiger partial charge in [0.25, 0.3) is 5.91 Å². The number of hydrogen-bond acceptors (Lipinski definition) is 4. The molecule has 1 unspecified atom stereocenters. The Morgan fingerprint density at radius 1 is 1.45 bits per heavy atom. The molecule has 116 valence electrons. The minimum Gasteiger partial charge on any atom is -0.323 e. The molecular formula is C16H19N3O2S. The number of thiophene rings is 1. The molecule has 0 spiro atoms. The predicted molar refractivity (Wildman–Crippen MR) is 85.2 cm³/mol. The SMILES string of the molecule is CC(C)=CCCC1(C)NC(=O)N(Cc2ccc(C#N)s2)C1=O. The number of imide groups is 1. The van der Waals surface area contributed by atoms with E-state index in [0.29, 0.717) is 11.3 Å². The zero-order chi connectivity index (χ0) is 16.3. The monoisotopic (exact) mass is 317 g/mol. The molecule has 0 aromatic carbocycles. The number of carbonyl (C=O) groups is 2. The van der Waals surface area contributed by atoms with E-state index in [2.05, 4.69) is 17.5 Å². The van der Waals surface area contributed by atoms with Gasteiger partial charge in [0.15, 0.2) is 0 Å². The van der Waals surface area contributed by atoms with E-state index in [9.17, 15) is 9.59 Å². The van der Waals surface area contributed by atoms with Crippen molar-refractivity contribution in [3.8, 4) is 6.07 Å². The van der Waals surface area contributed by atoms with E-state index in [-0.39, 0.29) is 18.5 Å². The summed E-state index contributed by atoms with van der Waals surface area (Å²) in [5, 5.41) is 11.6. The van der Waals surface area contributed by atoms with Crippen LogP contribution in [0.4, 0.5) is 4.79 Å². The maximum Gasteiger partial charge on any atom is 0.325 e. The van der Waals surface area contributed by atoms with Crippen LogP contribution >= 0.6 is 11.3 Å². The van der Waals surface area contributed by atoms with Gasteiger partial charge in [-0.2, -0.15) is 5.26 Å². The number of carbonyl (C=O) groups excluding carboxylic acids is 2. The van der Waals surface area contributed by atoms with E-state index in [1.165, 1.54) is 21.8 Å². The van der Waals surface area contributed by atoms with Crippen LogP contribution in [0.5, 0.6) is 0 Å². The standard InChI is InChI=1S/C16H19N3O2S/c1-11(2)5-4-8-16(3)14(20)19(15(21)18-16)10-13-7-6-12(9-17)22-13/h5-7H,4,8,10H2,1-3H3,(H,18,21). The Kier molecular flexibility index (Phi) is 4.67. The zero-order valence-electron chi connectivity index (χ0n) is 13.0. The minimum absolute atomic E-state index is 0.202. The van der Waals surface area contributed by atoms with Crippen molar-refractivity contribution in [2.24, 2.45) is 0 Å². The van der Waals surface area contributed by atoms with Gasteiger partial charge in [-0.3, -0.25) is 9.69 Å². The fraction of sp³-hybridized carbons (Fsp3) is 0.438. The molecule has 1 aliphatic rings. The summed E-state index contributed by atoms with van der Waals surface area (Å²) in [6, 6.07) is 5.17. The summed E-state index contributed by atoms with van der Waals surface area (Å²) in [6.07, 6.45) is 3.38. The van der Waals surface area contributed by atoms with Gasteiger partial charge in [-0.1, -0.05) is 11.6 Å². The van der Waals surface area contributed by atoms with Gasteiger partial charge in [-0.15, -0.1) is 11.3 Å². The number of nitriles is 1. The molecule has 1 aromatic rings. The van der Waals surface area contributed by atoms with Crippen molar-refractivity contribution in [1.82, 2.24) is 10.2 Å². The van der Waals surface area contributed by atoms with Gasteiger partial charge in [0.2, 0.25) is 0 Å². The second-order valence-electron chi connectivity index (χ2n) is 5.85. The van der Waals surface area contributed by atoms with Crippen LogP contribution in [0.3, 0.4) is 0 Å². The molecule has 3 amide bonds. The second kappa shape index (κ2) is 6.32. The molecule has 1 aromatic heterocycles. The van der Waals surface area contributed by atoms with Crippen LogP contribution in [0.2, 0.25) is 0 Å². The van der Waals surface area contributed by atoms with Gasteiger partial charge >= 0.3 is 6.03 Å². The molecule has 0 radical (unpaired) electrons. The Balaban J connectivity index is 2.08. The fourth-order valence-corrected chi connectivity index (χ4v) is 3.18. The Morgan fingerprint density at radius 2 is 2.18 bits per heavy atom. The fourth-order valence-electron chi connectivity index (χ4n) is 2.39. The number of urea groups is 1. The molecular weight excluding hydrogens is 298 g/mol. The van der Waals surface area contributed by atoms with Crippen molar-refractivity contribution < 1.29 is 9.59 Å². The van der Waals surface area contributed by atoms with Gasteiger partial charge in [0.05, 0.1) is 6.54 Å². The zero-order valence-corrected chi connectivity index (χ0v) is 13.8. The molecule has 22 heavy (non-hydrogen) atoms. The Morgan fingerprint density at radius 3 is 2.77 bits per heavy atom. The summed E-state index contributed by atoms with van der Waals surface area (Å²) in [7, 11) is 0. The molecule has 1 saturated heterocycles. The molecule has 2 rings (SSSR count). The summed E-state index contributed by atoms with van der Waals surface area (Å²) in [5.41, 5.74) is 0.345. The second-order valence-corrected chi connectivity index (χ2v) is 7.02. The third-order valence-corrected chi connectivity index (χ3v) is 4.60. The molecule has 1 fully saturated rings. The molecule has 2 heterocycles. The highest BCUT2D eigenvalue weighted by molar-refractivity contribution is 7.12. The van der Waals surface area contributed by atoms with E-state index in [4.69, 9.17) is 5.26 Å². The van der Waals surface area contributed by atoms with E-state index < -0.39 is 5.54 Å². The smallest absolute Gasteiger partial charge is 0.323 e. The molecule has 0 saturated carbocycles. The lowest BCUT2D eigenvalue weighted by atomic mass is 9.95. The minimum atomic E-state index is -0.849. The van der Waals surface area contributed by atoms with Crippen molar-refractivity contribution in [1.29, 1.82) is 5.26 Å². The summed E-state index contributed by atoms with van der Waals surface area (Å²) >= 11 is 1.30. The number of amides is 3.